The van der Waals surface area contributed by atoms with Gasteiger partial charge in [0.15, 0.2) is 0 Å². The van der Waals surface area contributed by atoms with Crippen LogP contribution >= 0.6 is 0 Å². The van der Waals surface area contributed by atoms with E-state index in [4.69, 9.17) is 4.74 Å². The van der Waals surface area contributed by atoms with E-state index in [0.717, 1.165) is 37.8 Å². The summed E-state index contributed by atoms with van der Waals surface area (Å²) in [5, 5.41) is 0. The normalized spacial score (nSPS) is 11.5. The van der Waals surface area contributed by atoms with Gasteiger partial charge in [-0.1, -0.05) is 128 Å². The first-order chi connectivity index (χ1) is 18.6. The molecule has 0 atom stereocenters. The SMILES string of the molecule is CCCCCCCCCCCCCCCCCCc1cccc(S(=O)(=O)[O-])c1Oc1ccccc1S(=O)(=O)[O-].[Na+].[Na+]. The van der Waals surface area contributed by atoms with Crippen LogP contribution in [0.4, 0.5) is 0 Å². The number of para-hydroxylation sites is 2. The van der Waals surface area contributed by atoms with Crippen LogP contribution in [0.1, 0.15) is 115 Å². The molecule has 11 heteroatoms. The summed E-state index contributed by atoms with van der Waals surface area (Å²) < 4.78 is 76.2. The summed E-state index contributed by atoms with van der Waals surface area (Å²) in [6, 6.07) is 9.43. The van der Waals surface area contributed by atoms with Crippen molar-refractivity contribution in [3.63, 3.8) is 0 Å². The van der Waals surface area contributed by atoms with Gasteiger partial charge in [0.05, 0.1) is 9.79 Å². The van der Waals surface area contributed by atoms with E-state index in [2.05, 4.69) is 6.92 Å². The molecule has 2 aromatic rings. The number of rotatable bonds is 21. The number of hydrogen-bond acceptors (Lipinski definition) is 7. The van der Waals surface area contributed by atoms with Gasteiger partial charge in [-0.2, -0.15) is 0 Å². The molecule has 0 aliphatic carbocycles. The topological polar surface area (TPSA) is 124 Å². The zero-order valence-electron chi connectivity index (χ0n) is 25.2. The van der Waals surface area contributed by atoms with Crippen LogP contribution in [0.25, 0.3) is 0 Å². The van der Waals surface area contributed by atoms with Crippen molar-refractivity contribution in [2.24, 2.45) is 0 Å². The van der Waals surface area contributed by atoms with Gasteiger partial charge in [0.2, 0.25) is 0 Å². The Morgan fingerprint density at radius 3 is 1.44 bits per heavy atom. The minimum Gasteiger partial charge on any atom is -0.744 e. The van der Waals surface area contributed by atoms with Gasteiger partial charge < -0.3 is 13.8 Å². The monoisotopic (exact) mass is 626 g/mol. The molecule has 0 aromatic heterocycles. The van der Waals surface area contributed by atoms with E-state index in [1.807, 2.05) is 0 Å². The van der Waals surface area contributed by atoms with Crippen LogP contribution in [0.15, 0.2) is 52.3 Å². The van der Waals surface area contributed by atoms with Gasteiger partial charge in [0.1, 0.15) is 31.7 Å². The van der Waals surface area contributed by atoms with Crippen LogP contribution in [0.5, 0.6) is 11.5 Å². The number of aryl methyl sites for hydroxylation is 1. The van der Waals surface area contributed by atoms with Crippen molar-refractivity contribution in [3.05, 3.63) is 48.0 Å². The zero-order chi connectivity index (χ0) is 28.6. The van der Waals surface area contributed by atoms with Gasteiger partial charge >= 0.3 is 59.1 Å². The van der Waals surface area contributed by atoms with Crippen LogP contribution in [0, 0.1) is 0 Å². The van der Waals surface area contributed by atoms with Gasteiger partial charge in [0, 0.05) is 0 Å². The smallest absolute Gasteiger partial charge is 0.744 e. The second-order valence-electron chi connectivity index (χ2n) is 10.3. The molecule has 0 aliphatic heterocycles. The van der Waals surface area contributed by atoms with E-state index in [0.29, 0.717) is 12.0 Å². The minimum absolute atomic E-state index is 0. The summed E-state index contributed by atoms with van der Waals surface area (Å²) in [6.07, 6.45) is 20.3. The minimum atomic E-state index is -4.89. The van der Waals surface area contributed by atoms with E-state index in [1.54, 1.807) is 6.07 Å². The van der Waals surface area contributed by atoms with Crippen LogP contribution in [0.3, 0.4) is 0 Å². The molecular weight excluding hydrogens is 582 g/mol. The Bertz CT molecular complexity index is 1200. The third-order valence-corrected chi connectivity index (χ3v) is 8.70. The Balaban J connectivity index is 0.00000800. The number of hydrogen-bond donors (Lipinski definition) is 0. The molecule has 41 heavy (non-hydrogen) atoms. The van der Waals surface area contributed by atoms with Gasteiger partial charge in [0.25, 0.3) is 0 Å². The molecule has 220 valence electrons. The fourth-order valence-corrected chi connectivity index (χ4v) is 6.03. The summed E-state index contributed by atoms with van der Waals surface area (Å²) in [5.41, 5.74) is 0.482. The van der Waals surface area contributed by atoms with E-state index < -0.39 is 30.0 Å². The zero-order valence-corrected chi connectivity index (χ0v) is 30.9. The maximum atomic E-state index is 11.9. The van der Waals surface area contributed by atoms with Crippen molar-refractivity contribution in [1.29, 1.82) is 0 Å². The molecule has 0 unspecified atom stereocenters. The van der Waals surface area contributed by atoms with Gasteiger partial charge in [-0.15, -0.1) is 0 Å². The molecule has 0 fully saturated rings. The maximum absolute atomic E-state index is 11.9. The summed E-state index contributed by atoms with van der Waals surface area (Å²) in [4.78, 5) is -1.19. The van der Waals surface area contributed by atoms with Crippen LogP contribution in [-0.2, 0) is 26.7 Å². The molecule has 0 N–H and O–H groups in total. The Labute approximate surface area is 292 Å². The second-order valence-corrected chi connectivity index (χ2v) is 13.0. The summed E-state index contributed by atoms with van der Waals surface area (Å²) in [7, 11) is -9.75. The van der Waals surface area contributed by atoms with Crippen LogP contribution in [0.2, 0.25) is 0 Å². The number of benzene rings is 2. The number of ether oxygens (including phenoxy) is 1. The number of unbranched alkanes of at least 4 members (excludes halogenated alkanes) is 15. The molecule has 7 nitrogen and oxygen atoms in total. The molecule has 2 aromatic carbocycles. The standard InChI is InChI=1S/C30H46O7S2.2Na/c1-2-3-4-5-6-7-8-9-10-11-12-13-14-15-16-17-21-26-22-20-25-29(39(34,35)36)30(26)37-27-23-18-19-24-28(27)38(31,32)33;;/h18-20,22-25H,2-17,21H2,1H3,(H,31,32,33)(H,34,35,36);;/q;2*+1/p-2. The van der Waals surface area contributed by atoms with Crippen molar-refractivity contribution < 1.29 is 89.8 Å². The first kappa shape index (κ1) is 41.1. The molecule has 0 saturated heterocycles. The van der Waals surface area contributed by atoms with E-state index >= 15 is 0 Å². The third-order valence-electron chi connectivity index (χ3n) is 6.96. The fourth-order valence-electron chi connectivity index (χ4n) is 4.79. The Morgan fingerprint density at radius 2 is 0.976 bits per heavy atom. The predicted molar refractivity (Wildman–Crippen MR) is 152 cm³/mol. The Kier molecular flexibility index (Phi) is 22.6. The molecule has 0 aliphatic rings. The molecule has 0 heterocycles. The maximum Gasteiger partial charge on any atom is 1.00 e. The van der Waals surface area contributed by atoms with Crippen molar-refractivity contribution in [2.75, 3.05) is 0 Å². The Hall–Kier alpha value is 0.0600. The van der Waals surface area contributed by atoms with Crippen molar-refractivity contribution in [2.45, 2.75) is 126 Å². The molecule has 0 amide bonds. The quantitative estimate of drug-likeness (QED) is 0.118. The summed E-state index contributed by atoms with van der Waals surface area (Å²) in [6.45, 7) is 2.25. The van der Waals surface area contributed by atoms with Crippen molar-refractivity contribution in [1.82, 2.24) is 0 Å². The molecule has 2 rings (SSSR count). The molecule has 0 spiro atoms. The van der Waals surface area contributed by atoms with Gasteiger partial charge in [-0.25, -0.2) is 16.8 Å². The third kappa shape index (κ3) is 16.6. The van der Waals surface area contributed by atoms with Crippen molar-refractivity contribution in [3.8, 4) is 11.5 Å². The average molecular weight is 627 g/mol. The first-order valence-electron chi connectivity index (χ1n) is 14.4. The summed E-state index contributed by atoms with van der Waals surface area (Å²) >= 11 is 0. The predicted octanol–water partition coefficient (Wildman–Crippen LogP) is 2.10. The van der Waals surface area contributed by atoms with Crippen LogP contribution in [-0.4, -0.2) is 25.9 Å². The van der Waals surface area contributed by atoms with Crippen LogP contribution < -0.4 is 63.9 Å². The Morgan fingerprint density at radius 1 is 0.561 bits per heavy atom. The van der Waals surface area contributed by atoms with E-state index in [1.165, 1.54) is 101 Å². The second kappa shape index (κ2) is 22.6. The molecule has 0 bridgehead atoms. The van der Waals surface area contributed by atoms with E-state index in [-0.39, 0.29) is 70.6 Å². The van der Waals surface area contributed by atoms with Gasteiger partial charge in [-0.3, -0.25) is 0 Å². The largest absolute Gasteiger partial charge is 1.00 e. The molecule has 0 saturated carbocycles. The fraction of sp³-hybridized carbons (Fsp3) is 0.600. The van der Waals surface area contributed by atoms with Gasteiger partial charge in [-0.05, 0) is 36.6 Å². The van der Waals surface area contributed by atoms with E-state index in [9.17, 15) is 25.9 Å². The van der Waals surface area contributed by atoms with Crippen molar-refractivity contribution >= 4 is 20.2 Å². The summed E-state index contributed by atoms with van der Waals surface area (Å²) in [5.74, 6) is -0.526. The average Bonchev–Trinajstić information content (AvgIpc) is 2.88. The molecular formula is C30H44Na2O7S2. The first-order valence-corrected chi connectivity index (χ1v) is 17.3. The molecule has 0 radical (unpaired) electrons.